The van der Waals surface area contributed by atoms with E-state index >= 15 is 0 Å². The van der Waals surface area contributed by atoms with Crippen LogP contribution in [0.3, 0.4) is 0 Å². The van der Waals surface area contributed by atoms with E-state index in [4.69, 9.17) is 4.74 Å². The monoisotopic (exact) mass is 400 g/mol. The van der Waals surface area contributed by atoms with Crippen molar-refractivity contribution in [2.45, 2.75) is 38.0 Å². The lowest BCUT2D eigenvalue weighted by Gasteiger charge is -2.10. The van der Waals surface area contributed by atoms with Gasteiger partial charge in [-0.25, -0.2) is 13.4 Å². The number of benzene rings is 2. The smallest absolute Gasteiger partial charge is 0.305 e. The van der Waals surface area contributed by atoms with Gasteiger partial charge < -0.3 is 4.74 Å². The number of esters is 1. The molecule has 0 radical (unpaired) electrons. The number of ether oxygens (including phenoxy) is 1. The highest BCUT2D eigenvalue weighted by Crippen LogP contribution is 2.25. The van der Waals surface area contributed by atoms with Crippen LogP contribution in [0.15, 0.2) is 47.4 Å². The number of fused-ring (bicyclic) bond motifs is 1. The van der Waals surface area contributed by atoms with Crippen molar-refractivity contribution in [1.82, 2.24) is 9.55 Å². The van der Waals surface area contributed by atoms with Gasteiger partial charge in [0.05, 0.1) is 22.5 Å². The molecular formula is C21H24N2O4S. The first kappa shape index (κ1) is 20.1. The van der Waals surface area contributed by atoms with Gasteiger partial charge in [-0.15, -0.1) is 0 Å². The quantitative estimate of drug-likeness (QED) is 0.567. The number of hydrogen-bond donors (Lipinski definition) is 0. The second kappa shape index (κ2) is 8.14. The molecule has 3 aromatic rings. The zero-order valence-corrected chi connectivity index (χ0v) is 17.1. The highest BCUT2D eigenvalue weighted by Gasteiger charge is 2.15. The molecular weight excluding hydrogens is 376 g/mol. The number of aryl methyl sites for hydroxylation is 1. The first-order chi connectivity index (χ1) is 13.3. The van der Waals surface area contributed by atoms with Crippen LogP contribution < -0.4 is 0 Å². The molecule has 0 saturated heterocycles. The summed E-state index contributed by atoms with van der Waals surface area (Å²) < 4.78 is 30.8. The molecule has 3 rings (SSSR count). The summed E-state index contributed by atoms with van der Waals surface area (Å²) >= 11 is 0. The van der Waals surface area contributed by atoms with Crippen molar-refractivity contribution in [3.63, 3.8) is 0 Å². The maximum absolute atomic E-state index is 11.8. The second-order valence-electron chi connectivity index (χ2n) is 6.63. The summed E-state index contributed by atoms with van der Waals surface area (Å²) in [6, 6.07) is 13.1. The Bertz CT molecular complexity index is 1100. The highest BCUT2D eigenvalue weighted by atomic mass is 32.2. The Morgan fingerprint density at radius 2 is 1.82 bits per heavy atom. The number of sulfone groups is 1. The summed E-state index contributed by atoms with van der Waals surface area (Å²) in [5.74, 6) is 0.674. The van der Waals surface area contributed by atoms with Crippen molar-refractivity contribution in [2.24, 2.45) is 0 Å². The lowest BCUT2D eigenvalue weighted by atomic mass is 10.1. The van der Waals surface area contributed by atoms with E-state index in [9.17, 15) is 13.2 Å². The van der Waals surface area contributed by atoms with Crippen LogP contribution in [-0.2, 0) is 32.2 Å². The van der Waals surface area contributed by atoms with Gasteiger partial charge in [0.1, 0.15) is 5.82 Å². The predicted octanol–water partition coefficient (Wildman–Crippen LogP) is 3.49. The number of rotatable bonds is 7. The van der Waals surface area contributed by atoms with Crippen molar-refractivity contribution in [1.29, 1.82) is 0 Å². The Morgan fingerprint density at radius 1 is 1.11 bits per heavy atom. The predicted molar refractivity (Wildman–Crippen MR) is 109 cm³/mol. The number of carbonyl (C=O) groups excluding carboxylic acids is 1. The lowest BCUT2D eigenvalue weighted by Crippen LogP contribution is -2.06. The molecule has 0 N–H and O–H groups in total. The van der Waals surface area contributed by atoms with Gasteiger partial charge in [-0.1, -0.05) is 26.0 Å². The maximum atomic E-state index is 11.8. The van der Waals surface area contributed by atoms with Crippen molar-refractivity contribution in [3.8, 4) is 5.69 Å². The van der Waals surface area contributed by atoms with Gasteiger partial charge in [-0.3, -0.25) is 9.36 Å². The lowest BCUT2D eigenvalue weighted by molar-refractivity contribution is -0.143. The molecule has 0 aliphatic heterocycles. The number of hydrogen-bond acceptors (Lipinski definition) is 5. The van der Waals surface area contributed by atoms with Crippen LogP contribution in [0.25, 0.3) is 16.7 Å². The van der Waals surface area contributed by atoms with E-state index in [1.54, 1.807) is 25.1 Å². The van der Waals surface area contributed by atoms with E-state index in [1.807, 2.05) is 35.8 Å². The molecule has 1 aromatic heterocycles. The van der Waals surface area contributed by atoms with Crippen LogP contribution in [0, 0.1) is 0 Å². The zero-order valence-electron chi connectivity index (χ0n) is 16.3. The number of carbonyl (C=O) groups is 1. The van der Waals surface area contributed by atoms with E-state index in [1.165, 1.54) is 6.26 Å². The molecule has 0 spiro atoms. The second-order valence-corrected chi connectivity index (χ2v) is 8.65. The minimum Gasteiger partial charge on any atom is -0.465 e. The number of nitrogens with zero attached hydrogens (tertiary/aromatic N) is 2. The van der Waals surface area contributed by atoms with Crippen molar-refractivity contribution in [2.75, 3.05) is 12.9 Å². The van der Waals surface area contributed by atoms with Crippen molar-refractivity contribution < 1.29 is 17.9 Å². The molecule has 0 aliphatic carbocycles. The summed E-state index contributed by atoms with van der Waals surface area (Å²) in [7, 11) is -3.28. The van der Waals surface area contributed by atoms with Crippen LogP contribution in [0.1, 0.15) is 31.7 Å². The summed E-state index contributed by atoms with van der Waals surface area (Å²) in [6.45, 7) is 4.16. The van der Waals surface area contributed by atoms with Gasteiger partial charge in [-0.05, 0) is 35.9 Å². The minimum atomic E-state index is -3.28. The standard InChI is InChI=1S/C21H24N2O4S/c1-4-20-22-18-14-17(28(3,25)26)10-11-19(18)23(20)16-8-6-15(7-9-16)12-13-27-21(24)5-2/h6-11,14H,4-5,12-13H2,1-3H3. The zero-order chi connectivity index (χ0) is 20.3. The Labute approximate surface area is 165 Å². The van der Waals surface area contributed by atoms with Crippen LogP contribution in [0.2, 0.25) is 0 Å². The van der Waals surface area contributed by atoms with Crippen molar-refractivity contribution in [3.05, 3.63) is 53.9 Å². The number of aromatic nitrogens is 2. The highest BCUT2D eigenvalue weighted by molar-refractivity contribution is 7.90. The Kier molecular flexibility index (Phi) is 5.84. The van der Waals surface area contributed by atoms with Gasteiger partial charge in [0.25, 0.3) is 0 Å². The average Bonchev–Trinajstić information content (AvgIpc) is 3.05. The van der Waals surface area contributed by atoms with Crippen LogP contribution >= 0.6 is 0 Å². The molecule has 0 bridgehead atoms. The fourth-order valence-corrected chi connectivity index (χ4v) is 3.70. The van der Waals surface area contributed by atoms with Crippen LogP contribution in [-0.4, -0.2) is 36.8 Å². The van der Waals surface area contributed by atoms with Crippen molar-refractivity contribution >= 4 is 26.8 Å². The maximum Gasteiger partial charge on any atom is 0.305 e. The normalized spacial score (nSPS) is 11.7. The third kappa shape index (κ3) is 4.25. The molecule has 7 heteroatoms. The van der Waals surface area contributed by atoms with Crippen LogP contribution in [0.4, 0.5) is 0 Å². The Hall–Kier alpha value is -2.67. The van der Waals surface area contributed by atoms with Gasteiger partial charge in [0.15, 0.2) is 9.84 Å². The van der Waals surface area contributed by atoms with Gasteiger partial charge in [0, 0.05) is 31.2 Å². The topological polar surface area (TPSA) is 78.3 Å². The molecule has 28 heavy (non-hydrogen) atoms. The Morgan fingerprint density at radius 3 is 2.43 bits per heavy atom. The largest absolute Gasteiger partial charge is 0.465 e. The molecule has 0 aliphatic rings. The third-order valence-corrected chi connectivity index (χ3v) is 5.69. The first-order valence-electron chi connectivity index (χ1n) is 9.29. The fourth-order valence-electron chi connectivity index (χ4n) is 3.06. The molecule has 0 fully saturated rings. The van der Waals surface area contributed by atoms with Gasteiger partial charge in [-0.2, -0.15) is 0 Å². The summed E-state index contributed by atoms with van der Waals surface area (Å²) in [5, 5.41) is 0. The number of imidazole rings is 1. The van der Waals surface area contributed by atoms with Crippen LogP contribution in [0.5, 0.6) is 0 Å². The molecule has 1 heterocycles. The van der Waals surface area contributed by atoms with E-state index in [-0.39, 0.29) is 10.9 Å². The molecule has 0 amide bonds. The summed E-state index contributed by atoms with van der Waals surface area (Å²) in [5.41, 5.74) is 3.57. The fraction of sp³-hybridized carbons (Fsp3) is 0.333. The molecule has 0 unspecified atom stereocenters. The molecule has 6 nitrogen and oxygen atoms in total. The third-order valence-electron chi connectivity index (χ3n) is 4.58. The molecule has 148 valence electrons. The molecule has 0 saturated carbocycles. The summed E-state index contributed by atoms with van der Waals surface area (Å²) in [6.07, 6.45) is 2.96. The SMILES string of the molecule is CCC(=O)OCCc1ccc(-n2c(CC)nc3cc(S(C)(=O)=O)ccc32)cc1. The van der Waals surface area contributed by atoms with E-state index in [2.05, 4.69) is 4.98 Å². The van der Waals surface area contributed by atoms with E-state index in [0.29, 0.717) is 25.0 Å². The summed E-state index contributed by atoms with van der Waals surface area (Å²) in [4.78, 5) is 16.1. The molecule has 2 aromatic carbocycles. The molecule has 0 atom stereocenters. The average molecular weight is 401 g/mol. The van der Waals surface area contributed by atoms with E-state index < -0.39 is 9.84 Å². The minimum absolute atomic E-state index is 0.192. The van der Waals surface area contributed by atoms with Gasteiger partial charge >= 0.3 is 5.97 Å². The van der Waals surface area contributed by atoms with E-state index in [0.717, 1.165) is 29.0 Å². The van der Waals surface area contributed by atoms with Gasteiger partial charge in [0.2, 0.25) is 0 Å². The first-order valence-corrected chi connectivity index (χ1v) is 11.2. The Balaban J connectivity index is 1.91.